The van der Waals surface area contributed by atoms with Gasteiger partial charge in [-0.1, -0.05) is 0 Å². The second-order valence-electron chi connectivity index (χ2n) is 10.6. The molecule has 4 fully saturated rings. The highest BCUT2D eigenvalue weighted by molar-refractivity contribution is 5.41. The zero-order valence-corrected chi connectivity index (χ0v) is 19.6. The van der Waals surface area contributed by atoms with Crippen molar-refractivity contribution < 1.29 is 9.15 Å². The summed E-state index contributed by atoms with van der Waals surface area (Å²) in [4.78, 5) is 18.4. The Hall–Kier alpha value is -2.07. The summed E-state index contributed by atoms with van der Waals surface area (Å²) in [6.07, 6.45) is 11.1. The van der Waals surface area contributed by atoms with Crippen LogP contribution in [-0.2, 0) is 11.3 Å². The number of nitrogens with zero attached hydrogens (tertiary/aromatic N) is 5. The Morgan fingerprint density at radius 3 is 2.88 bits per heavy atom. The molecule has 0 radical (unpaired) electrons. The van der Waals surface area contributed by atoms with Gasteiger partial charge in [-0.25, -0.2) is 20.4 Å². The van der Waals surface area contributed by atoms with Gasteiger partial charge in [-0.15, -0.1) is 0 Å². The van der Waals surface area contributed by atoms with Gasteiger partial charge < -0.3 is 14.1 Å². The molecule has 4 unspecified atom stereocenters. The van der Waals surface area contributed by atoms with E-state index in [9.17, 15) is 0 Å². The second-order valence-corrected chi connectivity index (χ2v) is 10.6. The first-order valence-electron chi connectivity index (χ1n) is 12.4. The molecular weight excluding hydrogens is 418 g/mol. The lowest BCUT2D eigenvalue weighted by Gasteiger charge is -2.40. The van der Waals surface area contributed by atoms with Crippen LogP contribution in [0.1, 0.15) is 63.4 Å². The summed E-state index contributed by atoms with van der Waals surface area (Å²) >= 11 is 0. The Morgan fingerprint density at radius 1 is 1.18 bits per heavy atom. The topological polar surface area (TPSA) is 91.6 Å². The molecule has 0 bridgehead atoms. The van der Waals surface area contributed by atoms with Crippen LogP contribution in [0.3, 0.4) is 0 Å². The quantitative estimate of drug-likeness (QED) is 0.684. The van der Waals surface area contributed by atoms with Crippen molar-refractivity contribution in [2.75, 3.05) is 24.5 Å². The molecule has 5 atom stereocenters. The number of piperazine rings is 1. The fourth-order valence-electron chi connectivity index (χ4n) is 5.78. The summed E-state index contributed by atoms with van der Waals surface area (Å²) in [6, 6.07) is 3.28. The first-order valence-corrected chi connectivity index (χ1v) is 12.4. The average molecular weight is 454 g/mol. The SMILES string of the molecule is C[C@@H]1CN(c2cc(C3NNC4CCC(OC5(C)CC5)CC43)ncn2)CCN1Cc1cocn1. The van der Waals surface area contributed by atoms with Gasteiger partial charge in [0, 0.05) is 50.2 Å². The molecule has 33 heavy (non-hydrogen) atoms. The van der Waals surface area contributed by atoms with Crippen LogP contribution in [0.5, 0.6) is 0 Å². The van der Waals surface area contributed by atoms with Gasteiger partial charge in [-0.3, -0.25) is 10.3 Å². The molecule has 9 nitrogen and oxygen atoms in total. The molecule has 2 aliphatic carbocycles. The molecule has 0 aromatic carbocycles. The normalized spacial score (nSPS) is 33.8. The van der Waals surface area contributed by atoms with E-state index < -0.39 is 0 Å². The predicted octanol–water partition coefficient (Wildman–Crippen LogP) is 2.43. The number of fused-ring (bicyclic) bond motifs is 1. The van der Waals surface area contributed by atoms with Crippen molar-refractivity contribution in [3.63, 3.8) is 0 Å². The van der Waals surface area contributed by atoms with Crippen molar-refractivity contribution >= 4 is 5.82 Å². The third kappa shape index (κ3) is 4.51. The Morgan fingerprint density at radius 2 is 2.09 bits per heavy atom. The third-order valence-corrected chi connectivity index (χ3v) is 8.04. The molecule has 2 saturated carbocycles. The predicted molar refractivity (Wildman–Crippen MR) is 123 cm³/mol. The van der Waals surface area contributed by atoms with E-state index in [1.54, 1.807) is 12.6 Å². The minimum Gasteiger partial charge on any atom is -0.451 e. The molecule has 2 aromatic heterocycles. The summed E-state index contributed by atoms with van der Waals surface area (Å²) in [6.45, 7) is 8.19. The maximum atomic E-state index is 6.45. The Labute approximate surface area is 195 Å². The van der Waals surface area contributed by atoms with E-state index >= 15 is 0 Å². The molecule has 2 N–H and O–H groups in total. The first-order chi connectivity index (χ1) is 16.1. The lowest BCUT2D eigenvalue weighted by atomic mass is 9.79. The zero-order valence-electron chi connectivity index (χ0n) is 19.6. The van der Waals surface area contributed by atoms with Crippen LogP contribution in [0, 0.1) is 5.92 Å². The number of aromatic nitrogens is 3. The van der Waals surface area contributed by atoms with Gasteiger partial charge in [0.05, 0.1) is 29.1 Å². The molecule has 2 aliphatic heterocycles. The first kappa shape index (κ1) is 21.5. The fraction of sp³-hybridized carbons (Fsp3) is 0.708. The van der Waals surface area contributed by atoms with Crippen LogP contribution in [0.4, 0.5) is 5.82 Å². The highest BCUT2D eigenvalue weighted by Gasteiger charge is 2.46. The molecule has 2 aromatic rings. The number of nitrogens with one attached hydrogen (secondary N) is 2. The van der Waals surface area contributed by atoms with E-state index in [1.165, 1.54) is 19.2 Å². The van der Waals surface area contributed by atoms with Gasteiger partial charge in [-0.05, 0) is 46.0 Å². The van der Waals surface area contributed by atoms with Crippen molar-refractivity contribution in [1.29, 1.82) is 0 Å². The molecule has 9 heteroatoms. The summed E-state index contributed by atoms with van der Waals surface area (Å²) < 4.78 is 11.6. The van der Waals surface area contributed by atoms with Gasteiger partial charge in [0.2, 0.25) is 0 Å². The van der Waals surface area contributed by atoms with Crippen molar-refractivity contribution in [3.8, 4) is 0 Å². The standard InChI is InChI=1S/C24H35N7O2/c1-16-11-31(8-7-30(16)12-17-13-32-15-27-17)22-10-21(25-14-26-22)23-19-9-18(33-24(2)5-6-24)3-4-20(19)28-29-23/h10,13-16,18-20,23,28-29H,3-9,11-12H2,1-2H3/t16-,18?,19?,20?,23?/m1/s1. The van der Waals surface area contributed by atoms with Crippen molar-refractivity contribution in [1.82, 2.24) is 30.7 Å². The van der Waals surface area contributed by atoms with Crippen molar-refractivity contribution in [3.05, 3.63) is 36.4 Å². The summed E-state index contributed by atoms with van der Waals surface area (Å²) in [7, 11) is 0. The van der Waals surface area contributed by atoms with Crippen molar-refractivity contribution in [2.45, 2.75) is 82.3 Å². The number of hydrazine groups is 1. The maximum Gasteiger partial charge on any atom is 0.180 e. The molecule has 0 spiro atoms. The van der Waals surface area contributed by atoms with Gasteiger partial charge in [0.25, 0.3) is 0 Å². The third-order valence-electron chi connectivity index (χ3n) is 8.04. The van der Waals surface area contributed by atoms with E-state index in [0.717, 1.165) is 62.6 Å². The zero-order chi connectivity index (χ0) is 22.4. The van der Waals surface area contributed by atoms with Gasteiger partial charge in [-0.2, -0.15) is 0 Å². The van der Waals surface area contributed by atoms with Crippen LogP contribution in [-0.4, -0.2) is 63.3 Å². The lowest BCUT2D eigenvalue weighted by molar-refractivity contribution is -0.0500. The molecule has 4 heterocycles. The summed E-state index contributed by atoms with van der Waals surface area (Å²) in [5, 5.41) is 0. The van der Waals surface area contributed by atoms with Gasteiger partial charge >= 0.3 is 0 Å². The van der Waals surface area contributed by atoms with Crippen LogP contribution in [0.15, 0.2) is 29.5 Å². The molecule has 0 amide bonds. The minimum atomic E-state index is 0.140. The molecule has 178 valence electrons. The van der Waals surface area contributed by atoms with Crippen LogP contribution >= 0.6 is 0 Å². The fourth-order valence-corrected chi connectivity index (χ4v) is 5.78. The molecule has 6 rings (SSSR count). The second kappa shape index (κ2) is 8.61. The molecule has 4 aliphatic rings. The van der Waals surface area contributed by atoms with E-state index in [-0.39, 0.29) is 11.6 Å². The van der Waals surface area contributed by atoms with E-state index in [1.807, 2.05) is 0 Å². The number of hydrogen-bond donors (Lipinski definition) is 2. The van der Waals surface area contributed by atoms with E-state index in [4.69, 9.17) is 14.1 Å². The lowest BCUT2D eigenvalue weighted by Crippen LogP contribution is -2.51. The average Bonchev–Trinajstić information content (AvgIpc) is 3.18. The number of hydrogen-bond acceptors (Lipinski definition) is 9. The number of rotatable bonds is 6. The Bertz CT molecular complexity index is 950. The number of ether oxygens (including phenoxy) is 1. The van der Waals surface area contributed by atoms with Gasteiger partial charge in [0.1, 0.15) is 18.4 Å². The summed E-state index contributed by atoms with van der Waals surface area (Å²) in [5.41, 5.74) is 9.29. The Kier molecular flexibility index (Phi) is 5.60. The largest absolute Gasteiger partial charge is 0.451 e. The minimum absolute atomic E-state index is 0.140. The molecular formula is C24H35N7O2. The Balaban J connectivity index is 1.12. The highest BCUT2D eigenvalue weighted by atomic mass is 16.5. The number of anilines is 1. The van der Waals surface area contributed by atoms with Gasteiger partial charge in [0.15, 0.2) is 6.39 Å². The van der Waals surface area contributed by atoms with Crippen molar-refractivity contribution in [2.24, 2.45) is 5.92 Å². The number of oxazole rings is 1. The van der Waals surface area contributed by atoms with Crippen LogP contribution in [0.25, 0.3) is 0 Å². The van der Waals surface area contributed by atoms with Crippen LogP contribution < -0.4 is 15.8 Å². The monoisotopic (exact) mass is 453 g/mol. The van der Waals surface area contributed by atoms with E-state index in [0.29, 0.717) is 24.1 Å². The van der Waals surface area contributed by atoms with Crippen LogP contribution in [0.2, 0.25) is 0 Å². The maximum absolute atomic E-state index is 6.45. The van der Waals surface area contributed by atoms with E-state index in [2.05, 4.69) is 50.5 Å². The molecule has 2 saturated heterocycles. The highest BCUT2D eigenvalue weighted by Crippen LogP contribution is 2.45. The summed E-state index contributed by atoms with van der Waals surface area (Å²) in [5.74, 6) is 1.51. The smallest absolute Gasteiger partial charge is 0.180 e.